The van der Waals surface area contributed by atoms with Gasteiger partial charge in [-0.15, -0.1) is 0 Å². The van der Waals surface area contributed by atoms with Gasteiger partial charge in [0.15, 0.2) is 17.5 Å². The van der Waals surface area contributed by atoms with Crippen molar-refractivity contribution < 1.29 is 0 Å². The van der Waals surface area contributed by atoms with Gasteiger partial charge in [0, 0.05) is 16.7 Å². The quantitative estimate of drug-likeness (QED) is 0.150. The summed E-state index contributed by atoms with van der Waals surface area (Å²) < 4.78 is 0. The van der Waals surface area contributed by atoms with Crippen LogP contribution in [0.15, 0.2) is 231 Å². The maximum atomic E-state index is 10.2. The first-order valence-electron chi connectivity index (χ1n) is 22.1. The molecule has 0 radical (unpaired) electrons. The van der Waals surface area contributed by atoms with E-state index >= 15 is 0 Å². The summed E-state index contributed by atoms with van der Waals surface area (Å²) in [5.74, 6) is 1.75. The molecule has 0 spiro atoms. The van der Waals surface area contributed by atoms with E-state index in [9.17, 15) is 5.26 Å². The average Bonchev–Trinajstić information content (AvgIpc) is 3.40. The van der Waals surface area contributed by atoms with Crippen LogP contribution in [0.4, 0.5) is 0 Å². The van der Waals surface area contributed by atoms with Crippen molar-refractivity contribution in [3.8, 4) is 84.7 Å². The first-order valence-corrected chi connectivity index (χ1v) is 22.1. The zero-order valence-electron chi connectivity index (χ0n) is 35.7. The maximum absolute atomic E-state index is 10.2. The molecule has 1 aromatic heterocycles. The molecule has 66 heavy (non-hydrogen) atoms. The highest BCUT2D eigenvalue weighted by Crippen LogP contribution is 2.40. The molecular weight excluding hydrogens is 801 g/mol. The lowest BCUT2D eigenvalue weighted by molar-refractivity contribution is 1.07. The highest BCUT2D eigenvalue weighted by atomic mass is 15.0. The fourth-order valence-corrected chi connectivity index (χ4v) is 9.51. The summed E-state index contributed by atoms with van der Waals surface area (Å²) in [6, 6.07) is 83.0. The van der Waals surface area contributed by atoms with E-state index in [0.29, 0.717) is 23.0 Å². The fraction of sp³-hybridized carbons (Fsp3) is 0. The van der Waals surface area contributed by atoms with Gasteiger partial charge in [-0.25, -0.2) is 15.0 Å². The summed E-state index contributed by atoms with van der Waals surface area (Å²) in [5.41, 5.74) is 11.8. The third-order valence-electron chi connectivity index (χ3n) is 12.7. The van der Waals surface area contributed by atoms with Crippen LogP contribution in [0.1, 0.15) is 5.56 Å². The number of nitriles is 1. The second kappa shape index (κ2) is 16.3. The lowest BCUT2D eigenvalue weighted by Gasteiger charge is -2.15. The van der Waals surface area contributed by atoms with E-state index in [0.717, 1.165) is 55.6 Å². The van der Waals surface area contributed by atoms with E-state index in [2.05, 4.69) is 182 Å². The Hall–Kier alpha value is -9.04. The Labute approximate surface area is 382 Å². The molecule has 0 atom stereocenters. The Morgan fingerprint density at radius 1 is 0.258 bits per heavy atom. The predicted molar refractivity (Wildman–Crippen MR) is 273 cm³/mol. The second-order valence-corrected chi connectivity index (χ2v) is 16.7. The number of hydrogen-bond acceptors (Lipinski definition) is 4. The molecule has 0 fully saturated rings. The molecule has 4 heteroatoms. The Bertz CT molecular complexity index is 3840. The molecule has 0 aliphatic heterocycles. The van der Waals surface area contributed by atoms with Gasteiger partial charge < -0.3 is 0 Å². The summed E-state index contributed by atoms with van der Waals surface area (Å²) in [4.78, 5) is 15.2. The van der Waals surface area contributed by atoms with E-state index in [1.807, 2.05) is 54.6 Å². The molecule has 12 rings (SSSR count). The number of fused-ring (bicyclic) bond motifs is 7. The van der Waals surface area contributed by atoms with Crippen molar-refractivity contribution in [1.29, 1.82) is 5.26 Å². The zero-order valence-corrected chi connectivity index (χ0v) is 35.7. The molecule has 0 saturated carbocycles. The van der Waals surface area contributed by atoms with Crippen LogP contribution in [-0.2, 0) is 0 Å². The summed E-state index contributed by atoms with van der Waals surface area (Å²) >= 11 is 0. The highest BCUT2D eigenvalue weighted by Gasteiger charge is 2.17. The number of aromatic nitrogens is 3. The van der Waals surface area contributed by atoms with Gasteiger partial charge in [-0.2, -0.15) is 5.26 Å². The van der Waals surface area contributed by atoms with E-state index < -0.39 is 0 Å². The summed E-state index contributed by atoms with van der Waals surface area (Å²) in [6.45, 7) is 0. The third kappa shape index (κ3) is 6.93. The molecule has 0 N–H and O–H groups in total. The van der Waals surface area contributed by atoms with Crippen molar-refractivity contribution >= 4 is 43.1 Å². The highest BCUT2D eigenvalue weighted by molar-refractivity contribution is 6.25. The van der Waals surface area contributed by atoms with Crippen molar-refractivity contribution in [2.24, 2.45) is 0 Å². The van der Waals surface area contributed by atoms with Crippen LogP contribution in [0, 0.1) is 11.3 Å². The van der Waals surface area contributed by atoms with Crippen LogP contribution in [0.2, 0.25) is 0 Å². The number of benzene rings is 11. The monoisotopic (exact) mass is 838 g/mol. The summed E-state index contributed by atoms with van der Waals surface area (Å²) in [7, 11) is 0. The molecule has 0 aliphatic carbocycles. The number of nitrogens with zero attached hydrogens (tertiary/aromatic N) is 4. The molecule has 11 aromatic carbocycles. The van der Waals surface area contributed by atoms with Gasteiger partial charge in [-0.05, 0) is 118 Å². The minimum atomic E-state index is 0.565. The summed E-state index contributed by atoms with van der Waals surface area (Å²) in [6.07, 6.45) is 0. The van der Waals surface area contributed by atoms with E-state index in [4.69, 9.17) is 15.0 Å². The van der Waals surface area contributed by atoms with Gasteiger partial charge in [0.2, 0.25) is 0 Å². The van der Waals surface area contributed by atoms with Crippen LogP contribution >= 0.6 is 0 Å². The lowest BCUT2D eigenvalue weighted by Crippen LogP contribution is -2.00. The van der Waals surface area contributed by atoms with E-state index in [-0.39, 0.29) is 0 Å². The zero-order chi connectivity index (χ0) is 44.0. The minimum Gasteiger partial charge on any atom is -0.208 e. The lowest BCUT2D eigenvalue weighted by atomic mass is 9.89. The molecule has 12 aromatic rings. The number of hydrogen-bond donors (Lipinski definition) is 0. The Kier molecular flexibility index (Phi) is 9.51. The molecule has 0 amide bonds. The van der Waals surface area contributed by atoms with Crippen molar-refractivity contribution in [2.75, 3.05) is 0 Å². The van der Waals surface area contributed by atoms with Gasteiger partial charge in [-0.1, -0.05) is 200 Å². The van der Waals surface area contributed by atoms with Crippen LogP contribution in [0.25, 0.3) is 122 Å². The second-order valence-electron chi connectivity index (χ2n) is 16.7. The Morgan fingerprint density at radius 3 is 1.41 bits per heavy atom. The van der Waals surface area contributed by atoms with Crippen molar-refractivity contribution in [1.82, 2.24) is 15.0 Å². The van der Waals surface area contributed by atoms with E-state index in [1.165, 1.54) is 48.7 Å². The van der Waals surface area contributed by atoms with Gasteiger partial charge in [0.05, 0.1) is 11.6 Å². The molecule has 0 unspecified atom stereocenters. The molecule has 1 heterocycles. The normalized spacial score (nSPS) is 11.3. The van der Waals surface area contributed by atoms with Gasteiger partial charge in [0.1, 0.15) is 0 Å². The van der Waals surface area contributed by atoms with Gasteiger partial charge >= 0.3 is 0 Å². The SMILES string of the molecule is N#Cc1ccc(-c2cccc(-c3ccc4c5ccccc5c5ccccc5c4c3)c2)c(-c2cccc(-c3nc(-c4ccccc4)nc(-c4ccc(-c5cccc6ccccc56)cc4)n3)c2)c1. The van der Waals surface area contributed by atoms with Crippen molar-refractivity contribution in [2.45, 2.75) is 0 Å². The Morgan fingerprint density at radius 2 is 0.712 bits per heavy atom. The molecule has 0 bridgehead atoms. The topological polar surface area (TPSA) is 62.5 Å². The maximum Gasteiger partial charge on any atom is 0.164 e. The fourth-order valence-electron chi connectivity index (χ4n) is 9.51. The predicted octanol–water partition coefficient (Wildman–Crippen LogP) is 16.0. The van der Waals surface area contributed by atoms with Crippen LogP contribution in [0.3, 0.4) is 0 Å². The van der Waals surface area contributed by atoms with Crippen LogP contribution in [0.5, 0.6) is 0 Å². The third-order valence-corrected chi connectivity index (χ3v) is 12.7. The molecule has 306 valence electrons. The first-order chi connectivity index (χ1) is 32.6. The Balaban J connectivity index is 0.942. The van der Waals surface area contributed by atoms with E-state index in [1.54, 1.807) is 0 Å². The largest absolute Gasteiger partial charge is 0.208 e. The molecule has 4 nitrogen and oxygen atoms in total. The average molecular weight is 839 g/mol. The summed E-state index contributed by atoms with van der Waals surface area (Å²) in [5, 5.41) is 20.1. The molecular formula is C62H38N4. The van der Waals surface area contributed by atoms with Crippen molar-refractivity contribution in [3.63, 3.8) is 0 Å². The van der Waals surface area contributed by atoms with Gasteiger partial charge in [-0.3, -0.25) is 0 Å². The molecule has 0 aliphatic rings. The van der Waals surface area contributed by atoms with Gasteiger partial charge in [0.25, 0.3) is 0 Å². The standard InChI is InChI=1S/C62H38N4/c63-39-40-27-33-52(47-18-10-17-45(36-47)46-32-34-57-55-24-7-6-22-53(55)54-23-8-9-25-56(54)59(57)38-46)58(35-40)48-19-11-20-49(37-48)62-65-60(43-14-2-1-3-15-43)64-61(66-62)44-30-28-42(29-31-44)51-26-12-16-41-13-4-5-21-50(41)51/h1-38H. The first kappa shape index (κ1) is 38.6. The number of rotatable bonds is 7. The van der Waals surface area contributed by atoms with Crippen LogP contribution < -0.4 is 0 Å². The smallest absolute Gasteiger partial charge is 0.164 e. The van der Waals surface area contributed by atoms with Crippen molar-refractivity contribution in [3.05, 3.63) is 236 Å². The minimum absolute atomic E-state index is 0.565. The molecule has 0 saturated heterocycles. The van der Waals surface area contributed by atoms with Crippen LogP contribution in [-0.4, -0.2) is 15.0 Å².